The number of aromatic amines is 1. The number of hydrogen-bond acceptors (Lipinski definition) is 4. The molecule has 0 spiro atoms. The van der Waals surface area contributed by atoms with Crippen molar-refractivity contribution in [2.75, 3.05) is 5.32 Å². The van der Waals surface area contributed by atoms with E-state index in [4.69, 9.17) is 0 Å². The van der Waals surface area contributed by atoms with Crippen LogP contribution in [0.25, 0.3) is 17.0 Å². The smallest absolute Gasteiger partial charge is 0.271 e. The maximum Gasteiger partial charge on any atom is 0.271 e. The van der Waals surface area contributed by atoms with Gasteiger partial charge in [0.05, 0.1) is 21.8 Å². The van der Waals surface area contributed by atoms with Gasteiger partial charge in [-0.05, 0) is 48.9 Å². The van der Waals surface area contributed by atoms with Gasteiger partial charge < -0.3 is 10.3 Å². The molecule has 0 aliphatic carbocycles. The summed E-state index contributed by atoms with van der Waals surface area (Å²) in [5.74, 6) is -0.765. The van der Waals surface area contributed by atoms with E-state index >= 15 is 0 Å². The third kappa shape index (κ3) is 4.11. The molecule has 6 rings (SSSR count). The minimum Gasteiger partial charge on any atom is -0.361 e. The molecule has 0 radical (unpaired) electrons. The van der Waals surface area contributed by atoms with Crippen LogP contribution in [0, 0.1) is 5.82 Å². The average Bonchev–Trinajstić information content (AvgIpc) is 3.45. The maximum absolute atomic E-state index is 13.8. The Kier molecular flexibility index (Phi) is 5.65. The van der Waals surface area contributed by atoms with E-state index in [1.54, 1.807) is 31.2 Å². The van der Waals surface area contributed by atoms with Gasteiger partial charge in [0.2, 0.25) is 0 Å². The molecule has 1 unspecified atom stereocenters. The molecule has 2 aromatic heterocycles. The normalized spacial score (nSPS) is 15.5. The number of amides is 1. The van der Waals surface area contributed by atoms with Crippen LogP contribution in [0.3, 0.4) is 0 Å². The summed E-state index contributed by atoms with van der Waals surface area (Å²) in [5, 5.41) is 3.91. The summed E-state index contributed by atoms with van der Waals surface area (Å²) in [4.78, 5) is 35.7. The lowest BCUT2D eigenvalue weighted by atomic mass is 9.95. The summed E-state index contributed by atoms with van der Waals surface area (Å²) in [5.41, 5.74) is 3.68. The van der Waals surface area contributed by atoms with E-state index in [1.165, 1.54) is 28.0 Å². The van der Waals surface area contributed by atoms with Gasteiger partial charge in [-0.25, -0.2) is 9.38 Å². The van der Waals surface area contributed by atoms with Crippen molar-refractivity contribution in [2.24, 2.45) is 4.99 Å². The molecule has 3 heterocycles. The number of H-pyrrole nitrogens is 1. The highest BCUT2D eigenvalue weighted by molar-refractivity contribution is 7.07. The predicted molar refractivity (Wildman–Crippen MR) is 144 cm³/mol. The number of hydrogen-bond donors (Lipinski definition) is 2. The molecule has 1 aliphatic rings. The molecule has 1 aliphatic heterocycles. The van der Waals surface area contributed by atoms with Gasteiger partial charge in [-0.2, -0.15) is 0 Å². The molecule has 8 heteroatoms. The topological polar surface area (TPSA) is 79.2 Å². The first-order chi connectivity index (χ1) is 18.0. The second kappa shape index (κ2) is 9.15. The van der Waals surface area contributed by atoms with E-state index in [2.05, 4.69) is 15.3 Å². The second-order valence-electron chi connectivity index (χ2n) is 8.74. The zero-order chi connectivity index (χ0) is 25.5. The van der Waals surface area contributed by atoms with Gasteiger partial charge in [0.15, 0.2) is 4.80 Å². The number of benzene rings is 3. The largest absolute Gasteiger partial charge is 0.361 e. The molecular formula is C29H21FN4O2S. The van der Waals surface area contributed by atoms with Crippen molar-refractivity contribution in [3.05, 3.63) is 133 Å². The first-order valence-electron chi connectivity index (χ1n) is 11.7. The minimum atomic E-state index is -0.759. The lowest BCUT2D eigenvalue weighted by Gasteiger charge is -2.25. The summed E-state index contributed by atoms with van der Waals surface area (Å²) in [6.07, 6.45) is 3.71. The van der Waals surface area contributed by atoms with Crippen LogP contribution in [0.1, 0.15) is 24.1 Å². The Bertz CT molecular complexity index is 1870. The average molecular weight is 509 g/mol. The van der Waals surface area contributed by atoms with Gasteiger partial charge >= 0.3 is 0 Å². The fraction of sp³-hybridized carbons (Fsp3) is 0.0690. The number of anilines is 1. The fourth-order valence-corrected chi connectivity index (χ4v) is 5.68. The molecule has 1 atom stereocenters. The van der Waals surface area contributed by atoms with Crippen LogP contribution in [0.2, 0.25) is 0 Å². The number of halogens is 1. The van der Waals surface area contributed by atoms with Gasteiger partial charge in [-0.3, -0.25) is 14.2 Å². The summed E-state index contributed by atoms with van der Waals surface area (Å²) in [7, 11) is 0. The Hall–Kier alpha value is -4.56. The number of rotatable bonds is 4. The first kappa shape index (κ1) is 22.9. The third-order valence-electron chi connectivity index (χ3n) is 6.39. The molecule has 2 N–H and O–H groups in total. The van der Waals surface area contributed by atoms with E-state index in [-0.39, 0.29) is 11.5 Å². The fourth-order valence-electron chi connectivity index (χ4n) is 4.65. The van der Waals surface area contributed by atoms with Gasteiger partial charge in [-0.15, -0.1) is 0 Å². The molecule has 0 saturated heterocycles. The maximum atomic E-state index is 13.8. The van der Waals surface area contributed by atoms with Gasteiger partial charge in [0.25, 0.3) is 11.5 Å². The third-order valence-corrected chi connectivity index (χ3v) is 7.37. The molecule has 182 valence electrons. The van der Waals surface area contributed by atoms with Crippen molar-refractivity contribution in [1.82, 2.24) is 9.55 Å². The molecular weight excluding hydrogens is 487 g/mol. The summed E-state index contributed by atoms with van der Waals surface area (Å²) < 4.78 is 15.8. The van der Waals surface area contributed by atoms with E-state index in [9.17, 15) is 14.0 Å². The Morgan fingerprint density at radius 1 is 1.05 bits per heavy atom. The van der Waals surface area contributed by atoms with Crippen LogP contribution in [0.15, 0.2) is 106 Å². The summed E-state index contributed by atoms with van der Waals surface area (Å²) >= 11 is 1.27. The number of carbonyl (C=O) groups is 1. The number of carbonyl (C=O) groups excluding carboxylic acids is 1. The van der Waals surface area contributed by atoms with Crippen LogP contribution in [-0.2, 0) is 4.79 Å². The number of para-hydroxylation sites is 2. The highest BCUT2D eigenvalue weighted by atomic mass is 32.1. The first-order valence-corrected chi connectivity index (χ1v) is 12.5. The molecule has 0 bridgehead atoms. The Labute approximate surface area is 214 Å². The van der Waals surface area contributed by atoms with Gasteiger partial charge in [-0.1, -0.05) is 59.9 Å². The minimum absolute atomic E-state index is 0.263. The Balaban J connectivity index is 1.52. The van der Waals surface area contributed by atoms with Gasteiger partial charge in [0.1, 0.15) is 5.82 Å². The van der Waals surface area contributed by atoms with Crippen LogP contribution < -0.4 is 20.2 Å². The SMILES string of the molecule is CC1=C(C(=O)Nc2ccccc2)C(c2ccc(F)cc2)n2c(s/c(=C\c3c[nH]c4ccccc34)c2=O)=N1. The monoisotopic (exact) mass is 508 g/mol. The lowest BCUT2D eigenvalue weighted by Crippen LogP contribution is -2.40. The van der Waals surface area contributed by atoms with Crippen molar-refractivity contribution >= 4 is 39.9 Å². The molecule has 0 saturated carbocycles. The Morgan fingerprint density at radius 3 is 2.57 bits per heavy atom. The lowest BCUT2D eigenvalue weighted by molar-refractivity contribution is -0.113. The molecule has 1 amide bonds. The number of fused-ring (bicyclic) bond motifs is 2. The van der Waals surface area contributed by atoms with Crippen LogP contribution in [0.5, 0.6) is 0 Å². The quantitative estimate of drug-likeness (QED) is 0.375. The number of nitrogens with zero attached hydrogens (tertiary/aromatic N) is 2. The van der Waals surface area contributed by atoms with Crippen LogP contribution in [-0.4, -0.2) is 15.5 Å². The molecule has 5 aromatic rings. The van der Waals surface area contributed by atoms with Crippen molar-refractivity contribution in [2.45, 2.75) is 13.0 Å². The number of nitrogens with one attached hydrogen (secondary N) is 2. The van der Waals surface area contributed by atoms with Crippen LogP contribution in [0.4, 0.5) is 10.1 Å². The van der Waals surface area contributed by atoms with E-state index in [0.29, 0.717) is 31.9 Å². The van der Waals surface area contributed by atoms with E-state index in [1.807, 2.05) is 54.7 Å². The zero-order valence-corrected chi connectivity index (χ0v) is 20.6. The molecule has 3 aromatic carbocycles. The van der Waals surface area contributed by atoms with Gasteiger partial charge in [0, 0.05) is 28.4 Å². The highest BCUT2D eigenvalue weighted by Gasteiger charge is 2.32. The predicted octanol–water partition coefficient (Wildman–Crippen LogP) is 4.49. The number of allylic oxidation sites excluding steroid dienone is 1. The second-order valence-corrected chi connectivity index (χ2v) is 9.75. The summed E-state index contributed by atoms with van der Waals surface area (Å²) in [6, 6.07) is 22.1. The van der Waals surface area contributed by atoms with Crippen molar-refractivity contribution in [3.63, 3.8) is 0 Å². The molecule has 0 fully saturated rings. The van der Waals surface area contributed by atoms with E-state index in [0.717, 1.165) is 16.5 Å². The zero-order valence-electron chi connectivity index (χ0n) is 19.7. The van der Waals surface area contributed by atoms with Crippen molar-refractivity contribution in [3.8, 4) is 0 Å². The number of aromatic nitrogens is 2. The molecule has 6 nitrogen and oxygen atoms in total. The highest BCUT2D eigenvalue weighted by Crippen LogP contribution is 2.31. The van der Waals surface area contributed by atoms with Crippen molar-refractivity contribution in [1.29, 1.82) is 0 Å². The van der Waals surface area contributed by atoms with Crippen LogP contribution >= 0.6 is 11.3 Å². The Morgan fingerprint density at radius 2 is 1.78 bits per heavy atom. The number of thiazole rings is 1. The standard InChI is InChI=1S/C29H21FN4O2S/c1-17-25(27(35)33-21-7-3-2-4-8-21)26(18-11-13-20(30)14-12-18)34-28(36)24(37-29(34)32-17)15-19-16-31-23-10-6-5-9-22(19)23/h2-16,26,31H,1H3,(H,33,35)/b24-15-. The summed E-state index contributed by atoms with van der Waals surface area (Å²) in [6.45, 7) is 1.76. The molecule has 37 heavy (non-hydrogen) atoms. The van der Waals surface area contributed by atoms with Crippen molar-refractivity contribution < 1.29 is 9.18 Å². The van der Waals surface area contributed by atoms with E-state index < -0.39 is 11.9 Å².